The van der Waals surface area contributed by atoms with Crippen molar-refractivity contribution in [2.45, 2.75) is 25.4 Å². The van der Waals surface area contributed by atoms with Gasteiger partial charge in [0.15, 0.2) is 0 Å². The van der Waals surface area contributed by atoms with Crippen LogP contribution in [0.1, 0.15) is 23.0 Å². The predicted molar refractivity (Wildman–Crippen MR) is 122 cm³/mol. The van der Waals surface area contributed by atoms with Gasteiger partial charge in [0.1, 0.15) is 11.9 Å². The number of nitrogens with one attached hydrogen (secondary N) is 2. The minimum atomic E-state index is -3.89. The van der Waals surface area contributed by atoms with Gasteiger partial charge in [0.2, 0.25) is 5.91 Å². The molecular weight excluding hydrogens is 477 g/mol. The van der Waals surface area contributed by atoms with Crippen molar-refractivity contribution in [3.8, 4) is 11.1 Å². The van der Waals surface area contributed by atoms with Crippen molar-refractivity contribution in [3.63, 3.8) is 0 Å². The molecule has 0 aliphatic carbocycles. The Balaban J connectivity index is 1.58. The highest BCUT2D eigenvalue weighted by molar-refractivity contribution is 7.87. The normalized spacial score (nSPS) is 20.9. The Morgan fingerprint density at radius 2 is 2.09 bits per heavy atom. The highest BCUT2D eigenvalue weighted by Gasteiger charge is 2.41. The third kappa shape index (κ3) is 4.44. The van der Waals surface area contributed by atoms with Gasteiger partial charge in [-0.1, -0.05) is 11.6 Å². The van der Waals surface area contributed by atoms with E-state index in [1.807, 2.05) is 31.6 Å². The van der Waals surface area contributed by atoms with E-state index in [2.05, 4.69) is 15.1 Å². The van der Waals surface area contributed by atoms with Crippen LogP contribution in [-0.2, 0) is 22.1 Å². The first-order valence-corrected chi connectivity index (χ1v) is 12.3. The summed E-state index contributed by atoms with van der Waals surface area (Å²) in [6, 6.07) is 4.18. The molecular formula is C20H21ClFN5O3S2. The maximum absolute atomic E-state index is 13.4. The molecule has 3 aromatic rings. The van der Waals surface area contributed by atoms with E-state index in [4.69, 9.17) is 11.6 Å². The summed E-state index contributed by atoms with van der Waals surface area (Å²) in [7, 11) is -0.707. The largest absolute Gasteiger partial charge is 0.325 e. The van der Waals surface area contributed by atoms with Gasteiger partial charge in [-0.25, -0.2) is 4.39 Å². The number of anilines is 1. The highest BCUT2D eigenvalue weighted by Crippen LogP contribution is 2.35. The van der Waals surface area contributed by atoms with Crippen LogP contribution in [0.5, 0.6) is 0 Å². The topological polar surface area (TPSA) is 96.3 Å². The molecule has 2 atom stereocenters. The first-order valence-electron chi connectivity index (χ1n) is 9.65. The van der Waals surface area contributed by atoms with E-state index in [0.717, 1.165) is 32.1 Å². The second kappa shape index (κ2) is 8.56. The zero-order chi connectivity index (χ0) is 23.2. The SMILES string of the molecule is Cc1nn(C)cc1-c1csc(C2CC(C(=O)Nc3ccc(F)c(Cl)c3)N(C)S(=O)(=O)N2)c1. The summed E-state index contributed by atoms with van der Waals surface area (Å²) in [5.41, 5.74) is 3.06. The number of aromatic nitrogens is 2. The number of carbonyl (C=O) groups excluding carboxylic acids is 1. The second-order valence-electron chi connectivity index (χ2n) is 7.60. The van der Waals surface area contributed by atoms with Crippen LogP contribution in [-0.4, -0.2) is 41.5 Å². The van der Waals surface area contributed by atoms with Crippen LogP contribution in [0.25, 0.3) is 11.1 Å². The van der Waals surface area contributed by atoms with Crippen molar-refractivity contribution >= 4 is 44.7 Å². The van der Waals surface area contributed by atoms with Gasteiger partial charge in [-0.2, -0.15) is 22.5 Å². The molecule has 4 rings (SSSR count). The number of likely N-dealkylation sites (N-methyl/N-ethyl adjacent to an activating group) is 1. The quantitative estimate of drug-likeness (QED) is 0.577. The van der Waals surface area contributed by atoms with E-state index < -0.39 is 34.0 Å². The molecule has 8 nitrogen and oxygen atoms in total. The van der Waals surface area contributed by atoms with Gasteiger partial charge in [-0.15, -0.1) is 11.3 Å². The van der Waals surface area contributed by atoms with Crippen molar-refractivity contribution in [3.05, 3.63) is 57.3 Å². The van der Waals surface area contributed by atoms with E-state index in [1.165, 1.54) is 30.5 Å². The Morgan fingerprint density at radius 3 is 2.75 bits per heavy atom. The van der Waals surface area contributed by atoms with Crippen molar-refractivity contribution in [2.24, 2.45) is 7.05 Å². The molecule has 32 heavy (non-hydrogen) atoms. The molecule has 1 aromatic carbocycles. The standard InChI is InChI=1S/C20H21ClFN5O3S2/c1-11-14(9-26(2)24-11)12-6-19(31-10-12)17-8-18(27(3)32(29,30)25-17)20(28)23-13-4-5-16(22)15(21)7-13/h4-7,9-10,17-18,25H,8H2,1-3H3,(H,23,28). The zero-order valence-corrected chi connectivity index (χ0v) is 19.9. The summed E-state index contributed by atoms with van der Waals surface area (Å²) in [5.74, 6) is -1.13. The van der Waals surface area contributed by atoms with E-state index in [-0.39, 0.29) is 17.1 Å². The maximum Gasteiger partial charge on any atom is 0.280 e. The Hall–Kier alpha value is -2.31. The van der Waals surface area contributed by atoms with Crippen LogP contribution >= 0.6 is 22.9 Å². The Kier molecular flexibility index (Phi) is 6.12. The number of hydrogen-bond acceptors (Lipinski definition) is 5. The molecule has 1 saturated heterocycles. The number of amides is 1. The average molecular weight is 498 g/mol. The molecule has 1 amide bonds. The van der Waals surface area contributed by atoms with Gasteiger partial charge in [0.25, 0.3) is 10.2 Å². The molecule has 1 fully saturated rings. The van der Waals surface area contributed by atoms with Crippen molar-refractivity contribution < 1.29 is 17.6 Å². The summed E-state index contributed by atoms with van der Waals surface area (Å²) in [6.45, 7) is 1.91. The molecule has 1 aliphatic rings. The van der Waals surface area contributed by atoms with Crippen molar-refractivity contribution in [1.29, 1.82) is 0 Å². The van der Waals surface area contributed by atoms with Crippen LogP contribution in [0.3, 0.4) is 0 Å². The number of carbonyl (C=O) groups is 1. The molecule has 0 radical (unpaired) electrons. The lowest BCUT2D eigenvalue weighted by atomic mass is 10.0. The summed E-state index contributed by atoms with van der Waals surface area (Å²) >= 11 is 7.20. The van der Waals surface area contributed by atoms with Gasteiger partial charge in [0, 0.05) is 36.4 Å². The lowest BCUT2D eigenvalue weighted by Gasteiger charge is -2.35. The number of thiophene rings is 1. The summed E-state index contributed by atoms with van der Waals surface area (Å²) in [4.78, 5) is 13.7. The van der Waals surface area contributed by atoms with E-state index in [9.17, 15) is 17.6 Å². The molecule has 0 bridgehead atoms. The van der Waals surface area contributed by atoms with Crippen LogP contribution in [0.4, 0.5) is 10.1 Å². The fourth-order valence-electron chi connectivity index (χ4n) is 3.66. The number of benzene rings is 1. The summed E-state index contributed by atoms with van der Waals surface area (Å²) in [5, 5.41) is 8.79. The number of aryl methyl sites for hydroxylation is 2. The second-order valence-corrected chi connectivity index (χ2v) is 10.7. The molecule has 0 spiro atoms. The van der Waals surface area contributed by atoms with Crippen LogP contribution in [0, 0.1) is 12.7 Å². The van der Waals surface area contributed by atoms with Crippen LogP contribution in [0.15, 0.2) is 35.8 Å². The number of nitrogens with zero attached hydrogens (tertiary/aromatic N) is 3. The van der Waals surface area contributed by atoms with Crippen LogP contribution < -0.4 is 10.0 Å². The van der Waals surface area contributed by atoms with Gasteiger partial charge >= 0.3 is 0 Å². The Morgan fingerprint density at radius 1 is 1.34 bits per heavy atom. The summed E-state index contributed by atoms with van der Waals surface area (Å²) < 4.78 is 44.2. The van der Waals surface area contributed by atoms with Crippen LogP contribution in [0.2, 0.25) is 5.02 Å². The number of rotatable bonds is 4. The third-order valence-corrected chi connectivity index (χ3v) is 8.28. The van der Waals surface area contributed by atoms with Gasteiger partial charge in [0.05, 0.1) is 16.8 Å². The smallest absolute Gasteiger partial charge is 0.280 e. The molecule has 2 N–H and O–H groups in total. The first kappa shape index (κ1) is 22.9. The monoisotopic (exact) mass is 497 g/mol. The zero-order valence-electron chi connectivity index (χ0n) is 17.5. The first-order chi connectivity index (χ1) is 15.0. The lowest BCUT2D eigenvalue weighted by Crippen LogP contribution is -2.55. The van der Waals surface area contributed by atoms with Gasteiger partial charge < -0.3 is 5.32 Å². The van der Waals surface area contributed by atoms with E-state index in [1.54, 1.807) is 4.68 Å². The molecule has 170 valence electrons. The fraction of sp³-hybridized carbons (Fsp3) is 0.300. The summed E-state index contributed by atoms with van der Waals surface area (Å²) in [6.07, 6.45) is 2.13. The predicted octanol–water partition coefficient (Wildman–Crippen LogP) is 3.47. The third-order valence-electron chi connectivity index (χ3n) is 5.35. The van der Waals surface area contributed by atoms with Gasteiger partial charge in [-0.3, -0.25) is 9.48 Å². The Labute approximate surface area is 194 Å². The lowest BCUT2D eigenvalue weighted by molar-refractivity contribution is -0.120. The molecule has 3 heterocycles. The fourth-order valence-corrected chi connectivity index (χ4v) is 6.15. The van der Waals surface area contributed by atoms with E-state index >= 15 is 0 Å². The molecule has 2 aromatic heterocycles. The highest BCUT2D eigenvalue weighted by atomic mass is 35.5. The number of halogens is 2. The average Bonchev–Trinajstić information content (AvgIpc) is 3.32. The van der Waals surface area contributed by atoms with Gasteiger partial charge in [-0.05, 0) is 48.6 Å². The minimum absolute atomic E-state index is 0.135. The molecule has 0 saturated carbocycles. The van der Waals surface area contributed by atoms with E-state index in [0.29, 0.717) is 0 Å². The molecule has 1 aliphatic heterocycles. The maximum atomic E-state index is 13.4. The van der Waals surface area contributed by atoms with Crippen molar-refractivity contribution in [2.75, 3.05) is 12.4 Å². The number of hydrogen-bond donors (Lipinski definition) is 2. The molecule has 12 heteroatoms. The Bertz CT molecular complexity index is 1290. The minimum Gasteiger partial charge on any atom is -0.325 e. The van der Waals surface area contributed by atoms with Crippen molar-refractivity contribution in [1.82, 2.24) is 18.8 Å². The molecule has 2 unspecified atom stereocenters.